The van der Waals surface area contributed by atoms with Crippen LogP contribution in [0.4, 0.5) is 0 Å². The maximum absolute atomic E-state index is 11.9. The molecule has 0 radical (unpaired) electrons. The minimum atomic E-state index is -2.85. The molecular weight excluding hydrogens is 260 g/mol. The van der Waals surface area contributed by atoms with Crippen LogP contribution in [0, 0.1) is 0 Å². The van der Waals surface area contributed by atoms with Gasteiger partial charge in [0.05, 0.1) is 17.5 Å². The van der Waals surface area contributed by atoms with Gasteiger partial charge >= 0.3 is 0 Å². The van der Waals surface area contributed by atoms with Crippen molar-refractivity contribution in [1.82, 2.24) is 10.6 Å². The van der Waals surface area contributed by atoms with Crippen molar-refractivity contribution in [1.29, 1.82) is 0 Å². The van der Waals surface area contributed by atoms with Crippen molar-refractivity contribution in [2.45, 2.75) is 24.9 Å². The van der Waals surface area contributed by atoms with Crippen molar-refractivity contribution in [3.05, 3.63) is 0 Å². The van der Waals surface area contributed by atoms with Gasteiger partial charge in [0.1, 0.15) is 9.84 Å². The van der Waals surface area contributed by atoms with Crippen LogP contribution in [0.1, 0.15) is 12.8 Å². The molecule has 0 aromatic heterocycles. The van der Waals surface area contributed by atoms with Crippen molar-refractivity contribution in [3.63, 3.8) is 0 Å². The Morgan fingerprint density at radius 1 is 1.29 bits per heavy atom. The Balaban J connectivity index is 1.79. The lowest BCUT2D eigenvalue weighted by Gasteiger charge is -2.27. The Labute approximate surface area is 106 Å². The van der Waals surface area contributed by atoms with Gasteiger partial charge in [0.25, 0.3) is 0 Å². The topological polar surface area (TPSA) is 75.3 Å². The number of carbonyl (C=O) groups excluding carboxylic acids is 1. The van der Waals surface area contributed by atoms with Gasteiger partial charge in [-0.25, -0.2) is 8.42 Å². The Morgan fingerprint density at radius 3 is 2.59 bits per heavy atom. The molecule has 0 aliphatic carbocycles. The molecule has 2 rings (SSSR count). The van der Waals surface area contributed by atoms with Crippen LogP contribution in [-0.4, -0.2) is 56.0 Å². The summed E-state index contributed by atoms with van der Waals surface area (Å²) in [6.45, 7) is 0.863. The molecule has 2 aliphatic rings. The van der Waals surface area contributed by atoms with Gasteiger partial charge in [-0.05, 0) is 12.8 Å². The van der Waals surface area contributed by atoms with Crippen LogP contribution >= 0.6 is 11.8 Å². The minimum absolute atomic E-state index is 0.0153. The Bertz CT molecular complexity index is 363. The molecule has 0 aromatic rings. The van der Waals surface area contributed by atoms with E-state index >= 15 is 0 Å². The van der Waals surface area contributed by atoms with Crippen LogP contribution in [0.15, 0.2) is 0 Å². The lowest BCUT2D eigenvalue weighted by molar-refractivity contribution is -0.123. The monoisotopic (exact) mass is 278 g/mol. The smallest absolute Gasteiger partial charge is 0.238 e. The van der Waals surface area contributed by atoms with Gasteiger partial charge in [-0.2, -0.15) is 11.8 Å². The van der Waals surface area contributed by atoms with Crippen LogP contribution in [0.3, 0.4) is 0 Å². The number of rotatable bonds is 2. The molecule has 2 aliphatic heterocycles. The van der Waals surface area contributed by atoms with E-state index in [1.54, 1.807) is 11.8 Å². The summed E-state index contributed by atoms with van der Waals surface area (Å²) in [4.78, 5) is 11.9. The number of nitrogens with one attached hydrogen (secondary N) is 2. The molecule has 0 saturated carbocycles. The second-order valence-electron chi connectivity index (χ2n) is 4.52. The number of thioether (sulfide) groups is 1. The summed E-state index contributed by atoms with van der Waals surface area (Å²) >= 11 is 1.77. The molecule has 2 N–H and O–H groups in total. The van der Waals surface area contributed by atoms with Crippen molar-refractivity contribution in [3.8, 4) is 0 Å². The van der Waals surface area contributed by atoms with Gasteiger partial charge in [-0.3, -0.25) is 4.79 Å². The Kier molecular flexibility index (Phi) is 4.32. The van der Waals surface area contributed by atoms with Gasteiger partial charge in [0.15, 0.2) is 0 Å². The normalized spacial score (nSPS) is 29.8. The van der Waals surface area contributed by atoms with Crippen molar-refractivity contribution in [2.75, 3.05) is 29.6 Å². The molecule has 0 aromatic carbocycles. The van der Waals surface area contributed by atoms with E-state index in [0.717, 1.165) is 18.1 Å². The number of carbonyl (C=O) groups is 1. The summed E-state index contributed by atoms with van der Waals surface area (Å²) in [5.41, 5.74) is 0. The first kappa shape index (κ1) is 13.2. The van der Waals surface area contributed by atoms with E-state index in [2.05, 4.69) is 10.6 Å². The van der Waals surface area contributed by atoms with E-state index in [1.165, 1.54) is 0 Å². The average molecular weight is 278 g/mol. The summed E-state index contributed by atoms with van der Waals surface area (Å²) in [7, 11) is -2.85. The van der Waals surface area contributed by atoms with Gasteiger partial charge < -0.3 is 10.6 Å². The van der Waals surface area contributed by atoms with E-state index in [4.69, 9.17) is 0 Å². The maximum Gasteiger partial charge on any atom is 0.238 e. The van der Waals surface area contributed by atoms with Crippen molar-refractivity contribution < 1.29 is 13.2 Å². The van der Waals surface area contributed by atoms with E-state index in [9.17, 15) is 13.2 Å². The van der Waals surface area contributed by atoms with E-state index in [-0.39, 0.29) is 29.5 Å². The van der Waals surface area contributed by atoms with E-state index < -0.39 is 9.84 Å². The van der Waals surface area contributed by atoms with Crippen molar-refractivity contribution >= 4 is 27.5 Å². The summed E-state index contributed by atoms with van der Waals surface area (Å²) in [5, 5.41) is 6.12. The Morgan fingerprint density at radius 2 is 2.00 bits per heavy atom. The third kappa shape index (κ3) is 3.86. The van der Waals surface area contributed by atoms with Crippen LogP contribution in [0.5, 0.6) is 0 Å². The SMILES string of the molecule is O=C(NC1CCS(=O)(=O)CC1)C1CSCCN1. The lowest BCUT2D eigenvalue weighted by atomic mass is 10.1. The van der Waals surface area contributed by atoms with Gasteiger partial charge in [-0.1, -0.05) is 0 Å². The Hall–Kier alpha value is -0.270. The molecule has 1 amide bonds. The highest BCUT2D eigenvalue weighted by molar-refractivity contribution is 7.99. The number of amides is 1. The third-order valence-corrected chi connectivity index (χ3v) is 5.92. The van der Waals surface area contributed by atoms with Crippen LogP contribution < -0.4 is 10.6 Å². The largest absolute Gasteiger partial charge is 0.352 e. The standard InChI is InChI=1S/C10H18N2O3S2/c13-10(9-7-16-4-3-11-9)12-8-1-5-17(14,15)6-2-8/h8-9,11H,1-7H2,(H,12,13). The van der Waals surface area contributed by atoms with E-state index in [0.29, 0.717) is 12.8 Å². The summed E-state index contributed by atoms with van der Waals surface area (Å²) in [6, 6.07) is -0.0907. The van der Waals surface area contributed by atoms with Crippen LogP contribution in [0.2, 0.25) is 0 Å². The van der Waals surface area contributed by atoms with Crippen molar-refractivity contribution in [2.24, 2.45) is 0 Å². The van der Waals surface area contributed by atoms with E-state index in [1.807, 2.05) is 0 Å². The summed E-state index contributed by atoms with van der Waals surface area (Å²) < 4.78 is 22.5. The lowest BCUT2D eigenvalue weighted by Crippen LogP contribution is -2.52. The zero-order valence-corrected chi connectivity index (χ0v) is 11.3. The highest BCUT2D eigenvalue weighted by Gasteiger charge is 2.27. The second kappa shape index (κ2) is 5.58. The van der Waals surface area contributed by atoms with Crippen LogP contribution in [-0.2, 0) is 14.6 Å². The molecule has 17 heavy (non-hydrogen) atoms. The molecular formula is C10H18N2O3S2. The first-order valence-electron chi connectivity index (χ1n) is 5.89. The fourth-order valence-electron chi connectivity index (χ4n) is 2.07. The molecule has 1 unspecified atom stereocenters. The fraction of sp³-hybridized carbons (Fsp3) is 0.900. The summed E-state index contributed by atoms with van der Waals surface area (Å²) in [5.74, 6) is 2.26. The predicted octanol–water partition coefficient (Wildman–Crippen LogP) is -0.615. The maximum atomic E-state index is 11.9. The number of sulfone groups is 1. The highest BCUT2D eigenvalue weighted by atomic mass is 32.2. The molecule has 5 nitrogen and oxygen atoms in total. The minimum Gasteiger partial charge on any atom is -0.352 e. The fourth-order valence-corrected chi connectivity index (χ4v) is 4.50. The molecule has 2 heterocycles. The highest BCUT2D eigenvalue weighted by Crippen LogP contribution is 2.13. The molecule has 7 heteroatoms. The number of hydrogen-bond donors (Lipinski definition) is 2. The van der Waals surface area contributed by atoms with Gasteiger partial charge in [0.2, 0.25) is 5.91 Å². The second-order valence-corrected chi connectivity index (χ2v) is 7.97. The van der Waals surface area contributed by atoms with Crippen LogP contribution in [0.25, 0.3) is 0 Å². The quantitative estimate of drug-likeness (QED) is 0.704. The third-order valence-electron chi connectivity index (χ3n) is 3.14. The molecule has 2 saturated heterocycles. The number of hydrogen-bond acceptors (Lipinski definition) is 5. The molecule has 98 valence electrons. The molecule has 1 atom stereocenters. The molecule has 0 bridgehead atoms. The first-order chi connectivity index (χ1) is 8.07. The zero-order valence-electron chi connectivity index (χ0n) is 9.65. The van der Waals surface area contributed by atoms with Gasteiger partial charge in [-0.15, -0.1) is 0 Å². The predicted molar refractivity (Wildman–Crippen MR) is 68.9 cm³/mol. The average Bonchev–Trinajstić information content (AvgIpc) is 2.33. The van der Waals surface area contributed by atoms with Gasteiger partial charge in [0, 0.05) is 24.1 Å². The first-order valence-corrected chi connectivity index (χ1v) is 8.86. The molecule has 0 spiro atoms. The zero-order chi connectivity index (χ0) is 12.3. The summed E-state index contributed by atoms with van der Waals surface area (Å²) in [6.07, 6.45) is 1.10. The molecule has 2 fully saturated rings.